The Morgan fingerprint density at radius 1 is 1.44 bits per heavy atom. The lowest BCUT2D eigenvalue weighted by Gasteiger charge is -2.28. The molecule has 2 N–H and O–H groups in total. The summed E-state index contributed by atoms with van der Waals surface area (Å²) in [7, 11) is 0. The van der Waals surface area contributed by atoms with Gasteiger partial charge in [-0.2, -0.15) is 11.3 Å². The molecule has 0 aliphatic heterocycles. The Kier molecular flexibility index (Phi) is 4.09. The van der Waals surface area contributed by atoms with Crippen LogP contribution >= 0.6 is 27.3 Å². The van der Waals surface area contributed by atoms with Crippen LogP contribution in [0.15, 0.2) is 15.2 Å². The molecule has 2 atom stereocenters. The van der Waals surface area contributed by atoms with Gasteiger partial charge >= 0.3 is 0 Å². The molecule has 1 aliphatic rings. The second-order valence-electron chi connectivity index (χ2n) is 4.99. The third kappa shape index (κ3) is 2.52. The average Bonchev–Trinajstić information content (AvgIpc) is 2.60. The quantitative estimate of drug-likeness (QED) is 0.790. The highest BCUT2D eigenvalue weighted by molar-refractivity contribution is 9.10. The van der Waals surface area contributed by atoms with Crippen LogP contribution in [0.5, 0.6) is 0 Å². The third-order valence-corrected chi connectivity index (χ3v) is 5.67. The van der Waals surface area contributed by atoms with Crippen molar-refractivity contribution in [1.82, 2.24) is 0 Å². The number of hydrogen-bond acceptors (Lipinski definition) is 2. The molecule has 0 saturated heterocycles. The normalized spacial score (nSPS) is 31.3. The van der Waals surface area contributed by atoms with Crippen LogP contribution in [0.25, 0.3) is 0 Å². The van der Waals surface area contributed by atoms with Crippen LogP contribution in [-0.4, -0.2) is 0 Å². The first-order valence-electron chi connectivity index (χ1n) is 6.17. The van der Waals surface area contributed by atoms with E-state index < -0.39 is 0 Å². The van der Waals surface area contributed by atoms with Crippen molar-refractivity contribution < 1.29 is 0 Å². The van der Waals surface area contributed by atoms with E-state index in [9.17, 15) is 0 Å². The van der Waals surface area contributed by atoms with Crippen LogP contribution < -0.4 is 5.73 Å². The molecular weight excluding hydrogens is 282 g/mol. The summed E-state index contributed by atoms with van der Waals surface area (Å²) in [4.78, 5) is 0. The number of halogens is 1. The van der Waals surface area contributed by atoms with Crippen molar-refractivity contribution in [3.05, 3.63) is 20.8 Å². The van der Waals surface area contributed by atoms with E-state index in [2.05, 4.69) is 33.6 Å². The Morgan fingerprint density at radius 2 is 2.25 bits per heavy atom. The van der Waals surface area contributed by atoms with Crippen molar-refractivity contribution in [3.63, 3.8) is 0 Å². The van der Waals surface area contributed by atoms with E-state index in [1.165, 1.54) is 35.7 Å². The number of hydrogen-bond donors (Lipinski definition) is 1. The first-order valence-corrected chi connectivity index (χ1v) is 7.90. The fourth-order valence-corrected chi connectivity index (χ4v) is 4.55. The minimum Gasteiger partial charge on any atom is -0.321 e. The van der Waals surface area contributed by atoms with Gasteiger partial charge in [-0.25, -0.2) is 0 Å². The molecular formula is C13H20BrNS. The molecule has 1 aromatic heterocycles. The second kappa shape index (κ2) is 5.19. The molecule has 2 rings (SSSR count). The van der Waals surface area contributed by atoms with Crippen LogP contribution in [0.2, 0.25) is 0 Å². The van der Waals surface area contributed by atoms with Crippen molar-refractivity contribution in [2.75, 3.05) is 0 Å². The highest BCUT2D eigenvalue weighted by Crippen LogP contribution is 2.40. The van der Waals surface area contributed by atoms with Gasteiger partial charge in [0.25, 0.3) is 0 Å². The van der Waals surface area contributed by atoms with E-state index in [-0.39, 0.29) is 5.54 Å². The first kappa shape index (κ1) is 12.6. The molecule has 1 aromatic rings. The van der Waals surface area contributed by atoms with E-state index in [0.717, 1.165) is 18.8 Å². The summed E-state index contributed by atoms with van der Waals surface area (Å²) in [5.41, 5.74) is 7.87. The molecule has 0 bridgehead atoms. The second-order valence-corrected chi connectivity index (χ2v) is 6.59. The van der Waals surface area contributed by atoms with Crippen LogP contribution in [0.1, 0.15) is 51.0 Å². The number of thiophene rings is 1. The smallest absolute Gasteiger partial charge is 0.0429 e. The van der Waals surface area contributed by atoms with Gasteiger partial charge in [0.15, 0.2) is 0 Å². The third-order valence-electron chi connectivity index (χ3n) is 3.96. The van der Waals surface area contributed by atoms with Gasteiger partial charge in [-0.1, -0.05) is 26.2 Å². The zero-order valence-electron chi connectivity index (χ0n) is 9.84. The highest BCUT2D eigenvalue weighted by Gasteiger charge is 2.32. The van der Waals surface area contributed by atoms with Gasteiger partial charge in [0.05, 0.1) is 0 Å². The molecule has 1 saturated carbocycles. The molecule has 0 spiro atoms. The molecule has 1 fully saturated rings. The average molecular weight is 302 g/mol. The maximum absolute atomic E-state index is 6.62. The monoisotopic (exact) mass is 301 g/mol. The molecule has 2 unspecified atom stereocenters. The molecule has 1 heterocycles. The Morgan fingerprint density at radius 3 is 2.88 bits per heavy atom. The van der Waals surface area contributed by atoms with Gasteiger partial charge in [-0.15, -0.1) is 0 Å². The van der Waals surface area contributed by atoms with E-state index >= 15 is 0 Å². The molecule has 3 heteroatoms. The molecule has 1 nitrogen and oxygen atoms in total. The van der Waals surface area contributed by atoms with Gasteiger partial charge in [-0.3, -0.25) is 0 Å². The lowest BCUT2D eigenvalue weighted by Crippen LogP contribution is -2.36. The van der Waals surface area contributed by atoms with Crippen molar-refractivity contribution in [2.45, 2.75) is 51.0 Å². The number of nitrogens with two attached hydrogens (primary N) is 1. The summed E-state index contributed by atoms with van der Waals surface area (Å²) in [5, 5.41) is 4.36. The van der Waals surface area contributed by atoms with Crippen LogP contribution in [0.4, 0.5) is 0 Å². The molecule has 0 aromatic carbocycles. The van der Waals surface area contributed by atoms with Gasteiger partial charge < -0.3 is 5.73 Å². The minimum absolute atomic E-state index is 0.0806. The van der Waals surface area contributed by atoms with Crippen molar-refractivity contribution >= 4 is 27.3 Å². The maximum Gasteiger partial charge on any atom is 0.0429 e. The Labute approximate surface area is 111 Å². The Bertz CT molecular complexity index is 349. The highest BCUT2D eigenvalue weighted by atomic mass is 79.9. The van der Waals surface area contributed by atoms with Crippen molar-refractivity contribution in [1.29, 1.82) is 0 Å². The predicted molar refractivity (Wildman–Crippen MR) is 74.8 cm³/mol. The lowest BCUT2D eigenvalue weighted by atomic mass is 9.85. The molecule has 90 valence electrons. The van der Waals surface area contributed by atoms with Gasteiger partial charge in [0.2, 0.25) is 0 Å². The van der Waals surface area contributed by atoms with Crippen LogP contribution in [0, 0.1) is 5.92 Å². The van der Waals surface area contributed by atoms with Crippen LogP contribution in [-0.2, 0) is 5.54 Å². The SMILES string of the molecule is CCC1CCCC(N)(c2cscc2Br)CC1. The molecule has 16 heavy (non-hydrogen) atoms. The van der Waals surface area contributed by atoms with Crippen molar-refractivity contribution in [3.8, 4) is 0 Å². The lowest BCUT2D eigenvalue weighted by molar-refractivity contribution is 0.371. The van der Waals surface area contributed by atoms with Gasteiger partial charge in [0.1, 0.15) is 0 Å². The van der Waals surface area contributed by atoms with E-state index in [1.54, 1.807) is 11.3 Å². The first-order chi connectivity index (χ1) is 7.65. The summed E-state index contributed by atoms with van der Waals surface area (Å²) < 4.78 is 1.20. The minimum atomic E-state index is -0.0806. The Hall–Kier alpha value is 0.140. The molecule has 1 aliphatic carbocycles. The maximum atomic E-state index is 6.62. The summed E-state index contributed by atoms with van der Waals surface area (Å²) in [6.45, 7) is 2.30. The largest absolute Gasteiger partial charge is 0.321 e. The summed E-state index contributed by atoms with van der Waals surface area (Å²) >= 11 is 5.37. The molecule has 0 amide bonds. The van der Waals surface area contributed by atoms with Gasteiger partial charge in [-0.05, 0) is 52.1 Å². The molecule has 0 radical (unpaired) electrons. The summed E-state index contributed by atoms with van der Waals surface area (Å²) in [6, 6.07) is 0. The summed E-state index contributed by atoms with van der Waals surface area (Å²) in [6.07, 6.45) is 7.50. The zero-order chi connectivity index (χ0) is 11.6. The predicted octanol–water partition coefficient (Wildman–Crippen LogP) is 4.65. The summed E-state index contributed by atoms with van der Waals surface area (Å²) in [5.74, 6) is 0.892. The fourth-order valence-electron chi connectivity index (χ4n) is 2.75. The Balaban J connectivity index is 2.16. The topological polar surface area (TPSA) is 26.0 Å². The standard InChI is InChI=1S/C13H20BrNS/c1-2-10-4-3-6-13(15,7-5-10)11-8-16-9-12(11)14/h8-10H,2-7,15H2,1H3. The zero-order valence-corrected chi connectivity index (χ0v) is 12.2. The number of rotatable bonds is 2. The van der Waals surface area contributed by atoms with Gasteiger partial charge in [0, 0.05) is 15.4 Å². The van der Waals surface area contributed by atoms with E-state index in [1.807, 2.05) is 0 Å². The van der Waals surface area contributed by atoms with E-state index in [0.29, 0.717) is 0 Å². The van der Waals surface area contributed by atoms with Crippen molar-refractivity contribution in [2.24, 2.45) is 11.7 Å². The van der Waals surface area contributed by atoms with Crippen LogP contribution in [0.3, 0.4) is 0 Å². The van der Waals surface area contributed by atoms with E-state index in [4.69, 9.17) is 5.73 Å². The fraction of sp³-hybridized carbons (Fsp3) is 0.692.